The topological polar surface area (TPSA) is 59.5 Å². The Kier molecular flexibility index (Phi) is 4.12. The van der Waals surface area contributed by atoms with Gasteiger partial charge in [-0.25, -0.2) is 0 Å². The quantitative estimate of drug-likeness (QED) is 0.598. The highest BCUT2D eigenvalue weighted by Crippen LogP contribution is 2.51. The third-order valence-corrected chi connectivity index (χ3v) is 7.20. The molecule has 1 aliphatic heterocycles. The van der Waals surface area contributed by atoms with Crippen molar-refractivity contribution in [1.29, 1.82) is 0 Å². The van der Waals surface area contributed by atoms with Gasteiger partial charge in [-0.3, -0.25) is 4.90 Å². The van der Waals surface area contributed by atoms with Crippen molar-refractivity contribution in [2.75, 3.05) is 19.6 Å². The minimum atomic E-state index is -0.909. The lowest BCUT2D eigenvalue weighted by atomic mass is 9.56. The van der Waals surface area contributed by atoms with Gasteiger partial charge in [-0.05, 0) is 48.7 Å². The van der Waals surface area contributed by atoms with Gasteiger partial charge < -0.3 is 15.2 Å². The molecule has 0 spiro atoms. The number of aromatic amines is 1. The Hall–Kier alpha value is -2.56. The van der Waals surface area contributed by atoms with Crippen LogP contribution in [-0.2, 0) is 18.3 Å². The molecule has 2 aromatic carbocycles. The molecule has 1 saturated heterocycles. The molecule has 2 heterocycles. The van der Waals surface area contributed by atoms with E-state index in [1.165, 1.54) is 27.7 Å². The van der Waals surface area contributed by atoms with Crippen LogP contribution >= 0.6 is 0 Å². The molecule has 0 amide bonds. The maximum absolute atomic E-state index is 12.2. The number of phenols is 1. The summed E-state index contributed by atoms with van der Waals surface area (Å²) in [7, 11) is 0. The van der Waals surface area contributed by atoms with E-state index in [0.29, 0.717) is 13.0 Å². The fourth-order valence-electron chi connectivity index (χ4n) is 5.74. The Morgan fingerprint density at radius 3 is 2.83 bits per heavy atom. The Morgan fingerprint density at radius 2 is 2.03 bits per heavy atom. The van der Waals surface area contributed by atoms with E-state index in [9.17, 15) is 10.2 Å². The standard InChI is InChI=1S/C25H28N2O2/c1-3-11-27-12-10-24(18-7-5-8-19(28)13-18)15-22-21(14-25(24,29)16-27)20-9-4-6-17(2)23(20)26-22/h3-9,13,26,28-29H,1,10-12,14-16H2,2H3. The van der Waals surface area contributed by atoms with Gasteiger partial charge in [0.2, 0.25) is 0 Å². The zero-order valence-corrected chi connectivity index (χ0v) is 16.9. The molecular weight excluding hydrogens is 360 g/mol. The third-order valence-electron chi connectivity index (χ3n) is 7.20. The van der Waals surface area contributed by atoms with Gasteiger partial charge in [-0.15, -0.1) is 6.58 Å². The first kappa shape index (κ1) is 18.5. The largest absolute Gasteiger partial charge is 0.508 e. The Bertz CT molecular complexity index is 1100. The lowest BCUT2D eigenvalue weighted by Crippen LogP contribution is -2.66. The van der Waals surface area contributed by atoms with Gasteiger partial charge in [0.05, 0.1) is 5.60 Å². The van der Waals surface area contributed by atoms with Gasteiger partial charge in [0, 0.05) is 47.9 Å². The van der Waals surface area contributed by atoms with E-state index < -0.39 is 11.0 Å². The van der Waals surface area contributed by atoms with Gasteiger partial charge in [0.25, 0.3) is 0 Å². The number of phenolic OH excluding ortho intramolecular Hbond substituents is 1. The van der Waals surface area contributed by atoms with Crippen molar-refractivity contribution in [2.24, 2.45) is 0 Å². The van der Waals surface area contributed by atoms with Crippen molar-refractivity contribution in [3.63, 3.8) is 0 Å². The minimum Gasteiger partial charge on any atom is -0.508 e. The average Bonchev–Trinajstić information content (AvgIpc) is 3.04. The van der Waals surface area contributed by atoms with Gasteiger partial charge in [-0.2, -0.15) is 0 Å². The van der Waals surface area contributed by atoms with Crippen LogP contribution in [0.25, 0.3) is 10.9 Å². The molecular formula is C25H28N2O2. The van der Waals surface area contributed by atoms with Crippen molar-refractivity contribution in [2.45, 2.75) is 37.2 Å². The summed E-state index contributed by atoms with van der Waals surface area (Å²) < 4.78 is 0. The molecule has 150 valence electrons. The van der Waals surface area contributed by atoms with E-state index in [1.54, 1.807) is 6.07 Å². The van der Waals surface area contributed by atoms with Crippen LogP contribution < -0.4 is 0 Å². The highest BCUT2D eigenvalue weighted by Gasteiger charge is 2.57. The van der Waals surface area contributed by atoms with E-state index in [1.807, 2.05) is 18.2 Å². The summed E-state index contributed by atoms with van der Waals surface area (Å²) in [5.74, 6) is 0.256. The average molecular weight is 389 g/mol. The van der Waals surface area contributed by atoms with Crippen LogP contribution in [0.3, 0.4) is 0 Å². The molecule has 1 aliphatic carbocycles. The summed E-state index contributed by atoms with van der Waals surface area (Å²) >= 11 is 0. The number of fused-ring (bicyclic) bond motifs is 4. The van der Waals surface area contributed by atoms with Crippen molar-refractivity contribution >= 4 is 10.9 Å². The molecule has 4 heteroatoms. The fraction of sp³-hybridized carbons (Fsp3) is 0.360. The van der Waals surface area contributed by atoms with Crippen LogP contribution in [0.5, 0.6) is 5.75 Å². The molecule has 1 aromatic heterocycles. The second-order valence-electron chi connectivity index (χ2n) is 8.87. The number of likely N-dealkylation sites (tertiary alicyclic amines) is 1. The number of piperidine rings is 1. The Morgan fingerprint density at radius 1 is 1.21 bits per heavy atom. The van der Waals surface area contributed by atoms with Crippen LogP contribution in [0.15, 0.2) is 55.1 Å². The molecule has 0 radical (unpaired) electrons. The lowest BCUT2D eigenvalue weighted by Gasteiger charge is -2.56. The van der Waals surface area contributed by atoms with Crippen molar-refractivity contribution in [3.05, 3.63) is 77.5 Å². The monoisotopic (exact) mass is 388 g/mol. The summed E-state index contributed by atoms with van der Waals surface area (Å²) in [5, 5.41) is 23.6. The van der Waals surface area contributed by atoms with E-state index >= 15 is 0 Å². The molecule has 5 rings (SSSR count). The number of aromatic nitrogens is 1. The number of aromatic hydroxyl groups is 1. The number of nitrogens with one attached hydrogen (secondary N) is 1. The Labute approximate surface area is 171 Å². The van der Waals surface area contributed by atoms with Crippen LogP contribution in [0.4, 0.5) is 0 Å². The highest BCUT2D eigenvalue weighted by atomic mass is 16.3. The minimum absolute atomic E-state index is 0.256. The summed E-state index contributed by atoms with van der Waals surface area (Å²) in [6.07, 6.45) is 4.11. The zero-order chi connectivity index (χ0) is 20.2. The first-order valence-corrected chi connectivity index (χ1v) is 10.4. The van der Waals surface area contributed by atoms with Crippen LogP contribution in [0, 0.1) is 6.92 Å². The summed E-state index contributed by atoms with van der Waals surface area (Å²) in [4.78, 5) is 5.97. The zero-order valence-electron chi connectivity index (χ0n) is 16.9. The Balaban J connectivity index is 1.70. The number of benzene rings is 2. The van der Waals surface area contributed by atoms with Crippen LogP contribution in [-0.4, -0.2) is 45.3 Å². The van der Waals surface area contributed by atoms with E-state index in [0.717, 1.165) is 31.5 Å². The number of nitrogens with zero attached hydrogens (tertiary/aromatic N) is 1. The molecule has 29 heavy (non-hydrogen) atoms. The number of aryl methyl sites for hydroxylation is 1. The number of aliphatic hydroxyl groups is 1. The summed E-state index contributed by atoms with van der Waals surface area (Å²) in [6.45, 7) is 8.29. The number of β-amino-alcohol motifs (C(OH)–C–C–N with tert-alkyl or cyclic N) is 1. The maximum atomic E-state index is 12.2. The molecule has 2 aliphatic rings. The van der Waals surface area contributed by atoms with Crippen molar-refractivity contribution < 1.29 is 10.2 Å². The lowest BCUT2D eigenvalue weighted by molar-refractivity contribution is -0.100. The van der Waals surface area contributed by atoms with Gasteiger partial charge >= 0.3 is 0 Å². The molecule has 1 fully saturated rings. The number of H-pyrrole nitrogens is 1. The molecule has 4 nitrogen and oxygen atoms in total. The third kappa shape index (κ3) is 2.66. The predicted molar refractivity (Wildman–Crippen MR) is 116 cm³/mol. The summed E-state index contributed by atoms with van der Waals surface area (Å²) in [6, 6.07) is 13.9. The highest BCUT2D eigenvalue weighted by molar-refractivity contribution is 5.88. The second kappa shape index (κ2) is 6.48. The van der Waals surface area contributed by atoms with Crippen LogP contribution in [0.2, 0.25) is 0 Å². The first-order valence-electron chi connectivity index (χ1n) is 10.4. The SMILES string of the molecule is C=CCN1CCC2(c3cccc(O)c3)Cc3[nH]c4c(C)cccc4c3CC2(O)C1. The molecule has 0 bridgehead atoms. The van der Waals surface area contributed by atoms with Gasteiger partial charge in [0.1, 0.15) is 5.75 Å². The number of para-hydroxylation sites is 1. The van der Waals surface area contributed by atoms with Gasteiger partial charge in [0.15, 0.2) is 0 Å². The molecule has 3 aromatic rings. The molecule has 0 saturated carbocycles. The van der Waals surface area contributed by atoms with Crippen LogP contribution in [0.1, 0.15) is 28.8 Å². The van der Waals surface area contributed by atoms with E-state index in [4.69, 9.17) is 0 Å². The van der Waals surface area contributed by atoms with Gasteiger partial charge in [-0.1, -0.05) is 36.4 Å². The normalized spacial score (nSPS) is 26.8. The van der Waals surface area contributed by atoms with E-state index in [-0.39, 0.29) is 5.75 Å². The van der Waals surface area contributed by atoms with Crippen molar-refractivity contribution in [1.82, 2.24) is 9.88 Å². The maximum Gasteiger partial charge on any atom is 0.115 e. The van der Waals surface area contributed by atoms with E-state index in [2.05, 4.69) is 47.7 Å². The molecule has 2 atom stereocenters. The molecule has 3 N–H and O–H groups in total. The molecule has 2 unspecified atom stereocenters. The number of hydrogen-bond acceptors (Lipinski definition) is 3. The van der Waals surface area contributed by atoms with Crippen molar-refractivity contribution in [3.8, 4) is 5.75 Å². The summed E-state index contributed by atoms with van der Waals surface area (Å²) in [5.41, 5.74) is 4.56. The fourth-order valence-corrected chi connectivity index (χ4v) is 5.74. The predicted octanol–water partition coefficient (Wildman–Crippen LogP) is 3.84. The number of hydrogen-bond donors (Lipinski definition) is 3. The second-order valence-corrected chi connectivity index (χ2v) is 8.87. The first-order chi connectivity index (χ1) is 14.0. The number of rotatable bonds is 3. The smallest absolute Gasteiger partial charge is 0.115 e.